The van der Waals surface area contributed by atoms with Gasteiger partial charge in [0.05, 0.1) is 11.0 Å². The first kappa shape index (κ1) is 47.6. The van der Waals surface area contributed by atoms with Crippen molar-refractivity contribution in [3.8, 4) is 39.1 Å². The number of fused-ring (bicyclic) bond motifs is 18. The van der Waals surface area contributed by atoms with Crippen LogP contribution < -0.4 is 15.7 Å². The quantitative estimate of drug-likeness (QED) is 0.149. The van der Waals surface area contributed by atoms with E-state index in [-0.39, 0.29) is 50.2 Å². The van der Waals surface area contributed by atoms with Crippen LogP contribution in [0.1, 0.15) is 206 Å². The molecule has 7 aromatic carbocycles. The zero-order valence-corrected chi connectivity index (χ0v) is 48.6. The van der Waals surface area contributed by atoms with Crippen LogP contribution in [-0.2, 0) is 43.3 Å². The normalized spacial score (nSPS) is 20.0. The lowest BCUT2D eigenvalue weighted by atomic mass is 9.43. The van der Waals surface area contributed by atoms with Gasteiger partial charge >= 0.3 is 6.85 Å². The summed E-state index contributed by atoms with van der Waals surface area (Å²) >= 11 is 0. The van der Waals surface area contributed by atoms with Crippen LogP contribution in [0.5, 0.6) is 0 Å². The molecular formula is C72H79BN2. The predicted molar refractivity (Wildman–Crippen MR) is 323 cm³/mol. The van der Waals surface area contributed by atoms with E-state index in [9.17, 15) is 0 Å². The number of nitrogens with zero attached hydrogens (tertiary/aromatic N) is 2. The highest BCUT2D eigenvalue weighted by Crippen LogP contribution is 2.63. The average Bonchev–Trinajstić information content (AvgIpc) is 3.88. The van der Waals surface area contributed by atoms with Crippen molar-refractivity contribution in [2.45, 2.75) is 194 Å². The predicted octanol–water partition coefficient (Wildman–Crippen LogP) is 17.9. The Morgan fingerprint density at radius 3 is 1.61 bits per heavy atom. The zero-order valence-electron chi connectivity index (χ0n) is 48.6. The van der Waals surface area contributed by atoms with Crippen molar-refractivity contribution in [3.63, 3.8) is 0 Å². The van der Waals surface area contributed by atoms with E-state index >= 15 is 0 Å². The van der Waals surface area contributed by atoms with Gasteiger partial charge in [-0.2, -0.15) is 0 Å². The highest BCUT2D eigenvalue weighted by molar-refractivity contribution is 6.94. The third kappa shape index (κ3) is 6.05. The summed E-state index contributed by atoms with van der Waals surface area (Å²) < 4.78 is 2.78. The van der Waals surface area contributed by atoms with Crippen molar-refractivity contribution < 1.29 is 0 Å². The highest BCUT2D eigenvalue weighted by Gasteiger charge is 2.52. The van der Waals surface area contributed by atoms with Crippen LogP contribution in [0.4, 0.5) is 11.4 Å². The van der Waals surface area contributed by atoms with Gasteiger partial charge in [0.15, 0.2) is 0 Å². The molecule has 0 saturated carbocycles. The molecular weight excluding hydrogens is 904 g/mol. The third-order valence-electron chi connectivity index (χ3n) is 21.0. The summed E-state index contributed by atoms with van der Waals surface area (Å²) in [4.78, 5) is 2.82. The fourth-order valence-corrected chi connectivity index (χ4v) is 16.1. The topological polar surface area (TPSA) is 8.17 Å². The first-order chi connectivity index (χ1) is 34.9. The number of hydrogen-bond donors (Lipinski definition) is 0. The Morgan fingerprint density at radius 2 is 0.987 bits per heavy atom. The van der Waals surface area contributed by atoms with Gasteiger partial charge in [-0.05, 0) is 201 Å². The van der Waals surface area contributed by atoms with E-state index in [0.717, 1.165) is 0 Å². The Hall–Kier alpha value is -5.80. The second-order valence-corrected chi connectivity index (χ2v) is 30.3. The molecule has 8 aromatic rings. The average molecular weight is 983 g/mol. The van der Waals surface area contributed by atoms with Gasteiger partial charge in [0.2, 0.25) is 0 Å². The third-order valence-corrected chi connectivity index (χ3v) is 21.0. The van der Waals surface area contributed by atoms with Gasteiger partial charge in [0.1, 0.15) is 0 Å². The molecule has 3 heterocycles. The summed E-state index contributed by atoms with van der Waals surface area (Å²) in [5.41, 5.74) is 32.6. The minimum absolute atomic E-state index is 0.0268. The molecule has 0 radical (unpaired) electrons. The van der Waals surface area contributed by atoms with Crippen molar-refractivity contribution in [1.82, 2.24) is 4.57 Å². The molecule has 0 saturated heterocycles. The summed E-state index contributed by atoms with van der Waals surface area (Å²) in [6, 6.07) is 43.0. The van der Waals surface area contributed by atoms with E-state index in [2.05, 4.69) is 237 Å². The van der Waals surface area contributed by atoms with E-state index in [1.807, 2.05) is 0 Å². The molecule has 75 heavy (non-hydrogen) atoms. The lowest BCUT2D eigenvalue weighted by molar-refractivity contribution is 0.331. The van der Waals surface area contributed by atoms with Crippen molar-refractivity contribution in [1.29, 1.82) is 0 Å². The molecule has 1 aromatic heterocycles. The molecule has 380 valence electrons. The summed E-state index contributed by atoms with van der Waals surface area (Å²) in [7, 11) is 0. The molecule has 3 heteroatoms. The van der Waals surface area contributed by atoms with E-state index in [4.69, 9.17) is 0 Å². The Morgan fingerprint density at radius 1 is 0.440 bits per heavy atom. The first-order valence-corrected chi connectivity index (χ1v) is 28.7. The van der Waals surface area contributed by atoms with Gasteiger partial charge in [-0.1, -0.05) is 179 Å². The molecule has 14 rings (SSSR count). The lowest BCUT2D eigenvalue weighted by Crippen LogP contribution is -2.61. The van der Waals surface area contributed by atoms with Crippen LogP contribution in [0.25, 0.3) is 60.9 Å². The molecule has 2 nitrogen and oxygen atoms in total. The van der Waals surface area contributed by atoms with Gasteiger partial charge in [-0.25, -0.2) is 0 Å². The largest absolute Gasteiger partial charge is 0.376 e. The molecule has 0 bridgehead atoms. The summed E-state index contributed by atoms with van der Waals surface area (Å²) in [5.74, 6) is 0. The second kappa shape index (κ2) is 14.2. The minimum atomic E-state index is -0.251. The van der Waals surface area contributed by atoms with Crippen LogP contribution in [0.2, 0.25) is 0 Å². The summed E-state index contributed by atoms with van der Waals surface area (Å²) in [6.07, 6.45) is 4.77. The van der Waals surface area contributed by atoms with Crippen LogP contribution in [0.3, 0.4) is 0 Å². The number of aromatic nitrogens is 1. The van der Waals surface area contributed by atoms with Gasteiger partial charge < -0.3 is 9.38 Å². The highest BCUT2D eigenvalue weighted by atomic mass is 15.1. The molecule has 0 fully saturated rings. The van der Waals surface area contributed by atoms with Crippen LogP contribution in [0.15, 0.2) is 103 Å². The number of hydrogen-bond acceptors (Lipinski definition) is 1. The van der Waals surface area contributed by atoms with Gasteiger partial charge in [0.25, 0.3) is 0 Å². The van der Waals surface area contributed by atoms with Crippen LogP contribution in [0, 0.1) is 0 Å². The molecule has 0 atom stereocenters. The van der Waals surface area contributed by atoms with E-state index in [0.29, 0.717) is 0 Å². The molecule has 2 aliphatic heterocycles. The maximum Gasteiger partial charge on any atom is 0.333 e. The van der Waals surface area contributed by atoms with E-state index in [1.165, 1.54) is 159 Å². The Bertz CT molecular complexity index is 3900. The van der Waals surface area contributed by atoms with Crippen molar-refractivity contribution in [2.24, 2.45) is 0 Å². The molecule has 4 aliphatic carbocycles. The van der Waals surface area contributed by atoms with Crippen LogP contribution >= 0.6 is 0 Å². The Kier molecular flexibility index (Phi) is 9.03. The molecule has 0 unspecified atom stereocenters. The van der Waals surface area contributed by atoms with Gasteiger partial charge in [-0.15, -0.1) is 0 Å². The fourth-order valence-electron chi connectivity index (χ4n) is 16.1. The zero-order chi connectivity index (χ0) is 53.0. The standard InChI is InChI=1S/C72H79BN2/c1-65(2,3)40-23-26-42(27-24-40)75-58-38-50-44(45-35-51-53(37-49(45)71(50,15)16)69(11,12)31-29-67(51,7)8)34-46(58)60-59-43-21-19-20-22-48(43)72(17,18)62(59)61-47-36-52-54(70(13,14)32-30-68(52,9)10)39-57(47)74-56-28-25-41(66(4,5)6)33-55(56)73(75)63(60)64(61)74/h19-28,33-39H,29-32H2,1-18H3. The summed E-state index contributed by atoms with van der Waals surface area (Å²) in [5, 5.41) is 2.86. The molecule has 0 spiro atoms. The number of rotatable bonds is 1. The first-order valence-electron chi connectivity index (χ1n) is 28.7. The number of anilines is 2. The van der Waals surface area contributed by atoms with E-state index < -0.39 is 0 Å². The summed E-state index contributed by atoms with van der Waals surface area (Å²) in [6.45, 7) is 44.2. The number of benzene rings is 7. The molecule has 0 amide bonds. The SMILES string of the molecule is CC(C)(C)c1ccc(N2B3c4cc(C(C)(C)C)ccc4-n4c5cc6c(cc5c5c7c(c(c3c54)-c3cc4c(cc32)C(C)(C)c2cc3c(cc2-4)C(C)(C)CCC3(C)C)-c2ccccc2C7(C)C)C(C)(C)CCC6(C)C)cc1. The van der Waals surface area contributed by atoms with Crippen molar-refractivity contribution >= 4 is 51.0 Å². The lowest BCUT2D eigenvalue weighted by Gasteiger charge is -2.44. The van der Waals surface area contributed by atoms with Gasteiger partial charge in [-0.3, -0.25) is 0 Å². The molecule has 0 N–H and O–H groups in total. The smallest absolute Gasteiger partial charge is 0.333 e. The maximum atomic E-state index is 2.82. The maximum absolute atomic E-state index is 2.82. The van der Waals surface area contributed by atoms with Gasteiger partial charge in [0, 0.05) is 44.2 Å². The van der Waals surface area contributed by atoms with Crippen molar-refractivity contribution in [3.05, 3.63) is 159 Å². The van der Waals surface area contributed by atoms with E-state index in [1.54, 1.807) is 5.56 Å². The van der Waals surface area contributed by atoms with Crippen molar-refractivity contribution in [2.75, 3.05) is 4.81 Å². The fraction of sp³-hybridized carbons (Fsp3) is 0.417. The Balaban J connectivity index is 1.21. The Labute approximate surface area is 449 Å². The van der Waals surface area contributed by atoms with Crippen LogP contribution in [-0.4, -0.2) is 11.4 Å². The minimum Gasteiger partial charge on any atom is -0.376 e. The second-order valence-electron chi connectivity index (χ2n) is 30.3. The monoisotopic (exact) mass is 983 g/mol. The molecule has 6 aliphatic rings.